The van der Waals surface area contributed by atoms with Crippen LogP contribution in [0.1, 0.15) is 18.5 Å². The molecule has 1 unspecified atom stereocenters. The van der Waals surface area contributed by atoms with Gasteiger partial charge in [-0.1, -0.05) is 0 Å². The first-order chi connectivity index (χ1) is 11.2. The first-order valence-electron chi connectivity index (χ1n) is 7.89. The van der Waals surface area contributed by atoms with Gasteiger partial charge in [0.1, 0.15) is 12.1 Å². The van der Waals surface area contributed by atoms with Gasteiger partial charge in [-0.2, -0.15) is 14.6 Å². The standard InChI is InChI=1S/C15H22N6O2/c1-10-7-13(21-15(20-10)18-9-19-21)17-8-12(14(22)16-2)11-3-5-23-6-4-11/h7,9,11-12,17H,3-6,8H2,1-2H3,(H,16,22). The van der Waals surface area contributed by atoms with E-state index in [0.29, 0.717) is 18.2 Å². The molecule has 1 fully saturated rings. The molecule has 0 aromatic carbocycles. The largest absolute Gasteiger partial charge is 0.381 e. The third-order valence-electron chi connectivity index (χ3n) is 4.30. The fourth-order valence-corrected chi connectivity index (χ4v) is 3.05. The second kappa shape index (κ2) is 6.91. The summed E-state index contributed by atoms with van der Waals surface area (Å²) in [4.78, 5) is 20.7. The Morgan fingerprint density at radius 3 is 3.00 bits per heavy atom. The highest BCUT2D eigenvalue weighted by Gasteiger charge is 2.29. The number of carbonyl (C=O) groups excluding carboxylic acids is 1. The van der Waals surface area contributed by atoms with Gasteiger partial charge in [-0.3, -0.25) is 4.79 Å². The molecule has 0 spiro atoms. The van der Waals surface area contributed by atoms with Gasteiger partial charge in [0.05, 0.1) is 5.92 Å². The van der Waals surface area contributed by atoms with Crippen molar-refractivity contribution in [2.24, 2.45) is 11.8 Å². The Kier molecular flexibility index (Phi) is 4.71. The van der Waals surface area contributed by atoms with Gasteiger partial charge >= 0.3 is 0 Å². The van der Waals surface area contributed by atoms with E-state index in [0.717, 1.165) is 37.6 Å². The van der Waals surface area contributed by atoms with E-state index in [-0.39, 0.29) is 11.8 Å². The number of hydrogen-bond donors (Lipinski definition) is 2. The molecule has 8 heteroatoms. The molecule has 2 aromatic heterocycles. The summed E-state index contributed by atoms with van der Waals surface area (Å²) in [5.74, 6) is 1.63. The normalized spacial score (nSPS) is 17.1. The first-order valence-corrected chi connectivity index (χ1v) is 7.89. The lowest BCUT2D eigenvalue weighted by atomic mass is 9.85. The maximum absolute atomic E-state index is 12.3. The first kappa shape index (κ1) is 15.7. The van der Waals surface area contributed by atoms with Crippen LogP contribution in [0.3, 0.4) is 0 Å². The van der Waals surface area contributed by atoms with Crippen molar-refractivity contribution in [3.8, 4) is 0 Å². The summed E-state index contributed by atoms with van der Waals surface area (Å²) < 4.78 is 7.06. The highest BCUT2D eigenvalue weighted by Crippen LogP contribution is 2.25. The lowest BCUT2D eigenvalue weighted by molar-refractivity contribution is -0.126. The van der Waals surface area contributed by atoms with E-state index in [4.69, 9.17) is 4.74 Å². The van der Waals surface area contributed by atoms with Gasteiger partial charge in [-0.05, 0) is 25.7 Å². The second-order valence-corrected chi connectivity index (χ2v) is 5.81. The van der Waals surface area contributed by atoms with Gasteiger partial charge < -0.3 is 15.4 Å². The third kappa shape index (κ3) is 3.42. The molecule has 1 aliphatic heterocycles. The van der Waals surface area contributed by atoms with Gasteiger partial charge in [-0.15, -0.1) is 0 Å². The van der Waals surface area contributed by atoms with E-state index in [1.165, 1.54) is 6.33 Å². The molecule has 3 heterocycles. The molecule has 0 saturated carbocycles. The smallest absolute Gasteiger partial charge is 0.254 e. The van der Waals surface area contributed by atoms with E-state index in [2.05, 4.69) is 25.7 Å². The van der Waals surface area contributed by atoms with Gasteiger partial charge in [-0.25, -0.2) is 4.98 Å². The van der Waals surface area contributed by atoms with Gasteiger partial charge in [0.2, 0.25) is 5.91 Å². The zero-order chi connectivity index (χ0) is 16.2. The number of rotatable bonds is 5. The number of aromatic nitrogens is 4. The van der Waals surface area contributed by atoms with E-state index < -0.39 is 0 Å². The van der Waals surface area contributed by atoms with E-state index in [1.807, 2.05) is 13.0 Å². The van der Waals surface area contributed by atoms with E-state index in [1.54, 1.807) is 11.6 Å². The number of aryl methyl sites for hydroxylation is 1. The zero-order valence-electron chi connectivity index (χ0n) is 13.5. The van der Waals surface area contributed by atoms with Crippen LogP contribution < -0.4 is 10.6 Å². The molecule has 1 amide bonds. The predicted molar refractivity (Wildman–Crippen MR) is 85.1 cm³/mol. The number of hydrogen-bond acceptors (Lipinski definition) is 6. The van der Waals surface area contributed by atoms with Gasteiger partial charge in [0.25, 0.3) is 5.78 Å². The van der Waals surface area contributed by atoms with Crippen LogP contribution >= 0.6 is 0 Å². The van der Waals surface area contributed by atoms with Crippen molar-refractivity contribution in [1.82, 2.24) is 24.9 Å². The average Bonchev–Trinajstić information content (AvgIpc) is 3.04. The molecule has 0 aliphatic carbocycles. The van der Waals surface area contributed by atoms with Crippen LogP contribution in [0.4, 0.5) is 5.82 Å². The van der Waals surface area contributed by atoms with E-state index >= 15 is 0 Å². The number of nitrogens with zero attached hydrogens (tertiary/aromatic N) is 4. The molecule has 124 valence electrons. The average molecular weight is 318 g/mol. The summed E-state index contributed by atoms with van der Waals surface area (Å²) >= 11 is 0. The Labute approximate surface area is 134 Å². The minimum absolute atomic E-state index is 0.0602. The SMILES string of the molecule is CNC(=O)C(CNc1cc(C)nc2ncnn12)C1CCOCC1. The minimum atomic E-state index is -0.101. The minimum Gasteiger partial charge on any atom is -0.381 e. The summed E-state index contributed by atoms with van der Waals surface area (Å²) in [6, 6.07) is 1.91. The number of amides is 1. The van der Waals surface area contributed by atoms with E-state index in [9.17, 15) is 4.79 Å². The Balaban J connectivity index is 1.77. The zero-order valence-corrected chi connectivity index (χ0v) is 13.5. The van der Waals surface area contributed by atoms with Crippen LogP contribution in [-0.2, 0) is 9.53 Å². The number of nitrogens with one attached hydrogen (secondary N) is 2. The van der Waals surface area contributed by atoms with Crippen LogP contribution in [0, 0.1) is 18.8 Å². The van der Waals surface area contributed by atoms with Crippen molar-refractivity contribution in [3.05, 3.63) is 18.1 Å². The molecule has 2 N–H and O–H groups in total. The number of carbonyl (C=O) groups is 1. The van der Waals surface area contributed by atoms with Crippen LogP contribution in [0.25, 0.3) is 5.78 Å². The molecule has 23 heavy (non-hydrogen) atoms. The van der Waals surface area contributed by atoms with Crippen molar-refractivity contribution in [1.29, 1.82) is 0 Å². The van der Waals surface area contributed by atoms with Crippen molar-refractivity contribution >= 4 is 17.5 Å². The summed E-state index contributed by atoms with van der Waals surface area (Å²) in [6.45, 7) is 3.90. The Bertz CT molecular complexity index is 680. The fourth-order valence-electron chi connectivity index (χ4n) is 3.05. The quantitative estimate of drug-likeness (QED) is 0.840. The number of ether oxygens (including phenoxy) is 1. The molecule has 8 nitrogen and oxygen atoms in total. The highest BCUT2D eigenvalue weighted by atomic mass is 16.5. The predicted octanol–water partition coefficient (Wildman–Crippen LogP) is 0.633. The Morgan fingerprint density at radius 2 is 2.26 bits per heavy atom. The Hall–Kier alpha value is -2.22. The molecular formula is C15H22N6O2. The third-order valence-corrected chi connectivity index (χ3v) is 4.30. The summed E-state index contributed by atoms with van der Waals surface area (Å²) in [7, 11) is 1.68. The van der Waals surface area contributed by atoms with Crippen LogP contribution in [0.2, 0.25) is 0 Å². The van der Waals surface area contributed by atoms with Crippen LogP contribution in [0.15, 0.2) is 12.4 Å². The Morgan fingerprint density at radius 1 is 1.48 bits per heavy atom. The van der Waals surface area contributed by atoms with Gasteiger partial charge in [0.15, 0.2) is 0 Å². The lowest BCUT2D eigenvalue weighted by Gasteiger charge is -2.29. The highest BCUT2D eigenvalue weighted by molar-refractivity contribution is 5.79. The maximum atomic E-state index is 12.3. The topological polar surface area (TPSA) is 93.4 Å². The summed E-state index contributed by atoms with van der Waals surface area (Å²) in [5, 5.41) is 10.3. The molecule has 0 bridgehead atoms. The fraction of sp³-hybridized carbons (Fsp3) is 0.600. The molecule has 0 radical (unpaired) electrons. The molecule has 1 saturated heterocycles. The molecule has 3 rings (SSSR count). The summed E-state index contributed by atoms with van der Waals surface area (Å²) in [5.41, 5.74) is 0.857. The molecule has 2 aromatic rings. The van der Waals surface area contributed by atoms with Gasteiger partial charge in [0, 0.05) is 38.6 Å². The molecular weight excluding hydrogens is 296 g/mol. The van der Waals surface area contributed by atoms with Crippen molar-refractivity contribution in [2.45, 2.75) is 19.8 Å². The van der Waals surface area contributed by atoms with Crippen LogP contribution in [-0.4, -0.2) is 52.3 Å². The number of anilines is 1. The number of fused-ring (bicyclic) bond motifs is 1. The monoisotopic (exact) mass is 318 g/mol. The van der Waals surface area contributed by atoms with Crippen molar-refractivity contribution < 1.29 is 9.53 Å². The molecule has 1 aliphatic rings. The van der Waals surface area contributed by atoms with Crippen molar-refractivity contribution in [3.63, 3.8) is 0 Å². The molecule has 1 atom stereocenters. The van der Waals surface area contributed by atoms with Crippen molar-refractivity contribution in [2.75, 3.05) is 32.1 Å². The lowest BCUT2D eigenvalue weighted by Crippen LogP contribution is -2.39. The van der Waals surface area contributed by atoms with Crippen LogP contribution in [0.5, 0.6) is 0 Å². The second-order valence-electron chi connectivity index (χ2n) is 5.81. The maximum Gasteiger partial charge on any atom is 0.254 e. The summed E-state index contributed by atoms with van der Waals surface area (Å²) in [6.07, 6.45) is 3.30.